The van der Waals surface area contributed by atoms with Crippen LogP contribution in [0, 0.1) is 0 Å². The summed E-state index contributed by atoms with van der Waals surface area (Å²) in [5, 5.41) is 5.29. The number of para-hydroxylation sites is 1. The van der Waals surface area contributed by atoms with Crippen molar-refractivity contribution in [2.45, 2.75) is 32.2 Å². The lowest BCUT2D eigenvalue weighted by atomic mass is 10.1. The number of hydrazine groups is 1. The van der Waals surface area contributed by atoms with E-state index in [1.54, 1.807) is 11.3 Å². The molecule has 0 aliphatic heterocycles. The smallest absolute Gasteiger partial charge is 0.0958 e. The molecule has 0 radical (unpaired) electrons. The Kier molecular flexibility index (Phi) is 4.54. The highest BCUT2D eigenvalue weighted by Crippen LogP contribution is 2.28. The Morgan fingerprint density at radius 2 is 2.19 bits per heavy atom. The summed E-state index contributed by atoms with van der Waals surface area (Å²) in [4.78, 5) is 5.80. The fraction of sp³-hybridized carbons (Fsp3) is 0.357. The van der Waals surface area contributed by atoms with Crippen LogP contribution in [-0.4, -0.2) is 14.6 Å². The molecule has 0 amide bonds. The minimum atomic E-state index is 0.0205. The van der Waals surface area contributed by atoms with E-state index in [-0.39, 0.29) is 6.04 Å². The molecule has 0 aliphatic carbocycles. The molecule has 0 saturated heterocycles. The molecule has 0 saturated carbocycles. The maximum absolute atomic E-state index is 5.75. The van der Waals surface area contributed by atoms with Crippen molar-refractivity contribution < 1.29 is 0 Å². The second-order valence-corrected chi connectivity index (χ2v) is 6.73. The SMILES string of the molecule is CCCc1nnsc1C(Cc1nc2ccccc2s1)NN. The summed E-state index contributed by atoms with van der Waals surface area (Å²) in [6, 6.07) is 8.20. The van der Waals surface area contributed by atoms with Gasteiger partial charge in [0.2, 0.25) is 0 Å². The topological polar surface area (TPSA) is 76.7 Å². The molecule has 0 bridgehead atoms. The highest BCUT2D eigenvalue weighted by molar-refractivity contribution is 7.18. The van der Waals surface area contributed by atoms with Gasteiger partial charge in [-0.05, 0) is 30.1 Å². The van der Waals surface area contributed by atoms with Crippen molar-refractivity contribution in [3.05, 3.63) is 39.8 Å². The van der Waals surface area contributed by atoms with Crippen LogP contribution in [-0.2, 0) is 12.8 Å². The number of aryl methyl sites for hydroxylation is 1. The molecule has 3 aromatic rings. The maximum atomic E-state index is 5.75. The Morgan fingerprint density at radius 1 is 1.33 bits per heavy atom. The molecular formula is C14H17N5S2. The predicted octanol–water partition coefficient (Wildman–Crippen LogP) is 2.85. The Bertz CT molecular complexity index is 688. The molecular weight excluding hydrogens is 302 g/mol. The monoisotopic (exact) mass is 319 g/mol. The van der Waals surface area contributed by atoms with Crippen molar-refractivity contribution in [2.75, 3.05) is 0 Å². The van der Waals surface area contributed by atoms with E-state index < -0.39 is 0 Å². The van der Waals surface area contributed by atoms with Crippen molar-refractivity contribution in [3.8, 4) is 0 Å². The normalized spacial score (nSPS) is 12.9. The molecule has 7 heteroatoms. The van der Waals surface area contributed by atoms with Gasteiger partial charge in [-0.2, -0.15) is 0 Å². The third kappa shape index (κ3) is 3.11. The summed E-state index contributed by atoms with van der Waals surface area (Å²) >= 11 is 3.14. The second kappa shape index (κ2) is 6.57. The zero-order valence-electron chi connectivity index (χ0n) is 11.7. The van der Waals surface area contributed by atoms with Gasteiger partial charge < -0.3 is 0 Å². The average molecular weight is 319 g/mol. The van der Waals surface area contributed by atoms with E-state index in [0.717, 1.165) is 40.4 Å². The number of nitrogens with two attached hydrogens (primary N) is 1. The number of benzene rings is 1. The van der Waals surface area contributed by atoms with Gasteiger partial charge >= 0.3 is 0 Å². The lowest BCUT2D eigenvalue weighted by Crippen LogP contribution is -2.29. The fourth-order valence-corrected chi connectivity index (χ4v) is 4.07. The van der Waals surface area contributed by atoms with Gasteiger partial charge in [-0.3, -0.25) is 11.3 Å². The number of nitrogens with one attached hydrogen (secondary N) is 1. The summed E-state index contributed by atoms with van der Waals surface area (Å²) in [6.07, 6.45) is 2.75. The van der Waals surface area contributed by atoms with E-state index in [9.17, 15) is 0 Å². The van der Waals surface area contributed by atoms with Crippen LogP contribution in [0.2, 0.25) is 0 Å². The molecule has 1 atom stereocenters. The molecule has 1 aromatic carbocycles. The number of aromatic nitrogens is 3. The van der Waals surface area contributed by atoms with Gasteiger partial charge in [-0.15, -0.1) is 16.4 Å². The van der Waals surface area contributed by atoms with Gasteiger partial charge in [0.25, 0.3) is 0 Å². The van der Waals surface area contributed by atoms with E-state index in [2.05, 4.69) is 33.0 Å². The minimum Gasteiger partial charge on any atom is -0.271 e. The molecule has 0 fully saturated rings. The van der Waals surface area contributed by atoms with Crippen molar-refractivity contribution in [3.63, 3.8) is 0 Å². The van der Waals surface area contributed by atoms with Gasteiger partial charge in [-0.1, -0.05) is 30.0 Å². The van der Waals surface area contributed by atoms with Crippen LogP contribution in [0.25, 0.3) is 10.2 Å². The molecule has 2 heterocycles. The summed E-state index contributed by atoms with van der Waals surface area (Å²) < 4.78 is 5.28. The van der Waals surface area contributed by atoms with Gasteiger partial charge in [0, 0.05) is 6.42 Å². The summed E-state index contributed by atoms with van der Waals surface area (Å²) in [5.74, 6) is 5.75. The first kappa shape index (κ1) is 14.5. The number of hydrogen-bond acceptors (Lipinski definition) is 7. The van der Waals surface area contributed by atoms with Crippen molar-refractivity contribution in [1.82, 2.24) is 20.0 Å². The van der Waals surface area contributed by atoms with Crippen LogP contribution >= 0.6 is 22.9 Å². The van der Waals surface area contributed by atoms with E-state index >= 15 is 0 Å². The number of hydrogen-bond donors (Lipinski definition) is 2. The molecule has 2 aromatic heterocycles. The predicted molar refractivity (Wildman–Crippen MR) is 87.3 cm³/mol. The second-order valence-electron chi connectivity index (χ2n) is 4.83. The van der Waals surface area contributed by atoms with Crippen LogP contribution in [0.3, 0.4) is 0 Å². The Morgan fingerprint density at radius 3 is 2.95 bits per heavy atom. The third-order valence-electron chi connectivity index (χ3n) is 3.31. The molecule has 5 nitrogen and oxygen atoms in total. The van der Waals surface area contributed by atoms with Crippen LogP contribution in [0.1, 0.15) is 35.0 Å². The van der Waals surface area contributed by atoms with E-state index in [4.69, 9.17) is 5.84 Å². The van der Waals surface area contributed by atoms with Crippen LogP contribution in [0.4, 0.5) is 0 Å². The van der Waals surface area contributed by atoms with E-state index in [1.165, 1.54) is 16.2 Å². The highest BCUT2D eigenvalue weighted by Gasteiger charge is 2.20. The van der Waals surface area contributed by atoms with Crippen LogP contribution in [0.5, 0.6) is 0 Å². The Balaban J connectivity index is 1.85. The van der Waals surface area contributed by atoms with Crippen molar-refractivity contribution >= 4 is 33.1 Å². The fourth-order valence-electron chi connectivity index (χ4n) is 2.30. The summed E-state index contributed by atoms with van der Waals surface area (Å²) in [5.41, 5.74) is 4.99. The molecule has 1 unspecified atom stereocenters. The maximum Gasteiger partial charge on any atom is 0.0958 e. The van der Waals surface area contributed by atoms with Gasteiger partial charge in [0.15, 0.2) is 0 Å². The largest absolute Gasteiger partial charge is 0.271 e. The molecule has 110 valence electrons. The Hall–Kier alpha value is -1.41. The molecule has 21 heavy (non-hydrogen) atoms. The standard InChI is InChI=1S/C14H17N5S2/c1-2-5-10-14(21-19-18-10)11(17-15)8-13-16-9-6-3-4-7-12(9)20-13/h3-4,6-7,11,17H,2,5,8,15H2,1H3. The minimum absolute atomic E-state index is 0.0205. The first-order chi connectivity index (χ1) is 10.3. The van der Waals surface area contributed by atoms with Crippen LogP contribution in [0.15, 0.2) is 24.3 Å². The lowest BCUT2D eigenvalue weighted by Gasteiger charge is -2.13. The van der Waals surface area contributed by atoms with Gasteiger partial charge in [0.1, 0.15) is 0 Å². The van der Waals surface area contributed by atoms with Crippen molar-refractivity contribution in [1.29, 1.82) is 0 Å². The highest BCUT2D eigenvalue weighted by atomic mass is 32.1. The first-order valence-corrected chi connectivity index (χ1v) is 8.52. The zero-order valence-corrected chi connectivity index (χ0v) is 13.4. The Labute approximate surface area is 131 Å². The quantitative estimate of drug-likeness (QED) is 0.540. The third-order valence-corrected chi connectivity index (χ3v) is 5.25. The van der Waals surface area contributed by atoms with Crippen molar-refractivity contribution in [2.24, 2.45) is 5.84 Å². The molecule has 0 aliphatic rings. The van der Waals surface area contributed by atoms with E-state index in [1.807, 2.05) is 18.2 Å². The van der Waals surface area contributed by atoms with Crippen LogP contribution < -0.4 is 11.3 Å². The number of thiazole rings is 1. The average Bonchev–Trinajstić information content (AvgIpc) is 3.11. The summed E-state index contributed by atoms with van der Waals surface area (Å²) in [6.45, 7) is 2.14. The molecule has 3 N–H and O–H groups in total. The number of fused-ring (bicyclic) bond motifs is 1. The lowest BCUT2D eigenvalue weighted by molar-refractivity contribution is 0.553. The molecule has 0 spiro atoms. The number of nitrogens with zero attached hydrogens (tertiary/aromatic N) is 3. The van der Waals surface area contributed by atoms with E-state index in [0.29, 0.717) is 0 Å². The zero-order chi connectivity index (χ0) is 14.7. The molecule has 3 rings (SSSR count). The number of rotatable bonds is 6. The van der Waals surface area contributed by atoms with Gasteiger partial charge in [-0.25, -0.2) is 4.98 Å². The summed E-state index contributed by atoms with van der Waals surface area (Å²) in [7, 11) is 0. The first-order valence-electron chi connectivity index (χ1n) is 6.93. The van der Waals surface area contributed by atoms with Gasteiger partial charge in [0.05, 0.1) is 31.8 Å².